The van der Waals surface area contributed by atoms with Gasteiger partial charge in [0.15, 0.2) is 16.6 Å². The summed E-state index contributed by atoms with van der Waals surface area (Å²) in [6, 6.07) is 10.7. The third kappa shape index (κ3) is 6.75. The Hall–Kier alpha value is -2.28. The molecule has 0 atom stereocenters. The number of hydrazone groups is 1. The molecule has 2 aromatic carbocycles. The SMILES string of the molecule is C=CCNC(=S)N/N=C/c1ccc(OC)c(OCc2ccc(Cl)cc2Cl)c1. The summed E-state index contributed by atoms with van der Waals surface area (Å²) in [5.74, 6) is 1.17. The number of hydrogen-bond acceptors (Lipinski definition) is 4. The van der Waals surface area contributed by atoms with Crippen molar-refractivity contribution in [3.05, 3.63) is 70.2 Å². The van der Waals surface area contributed by atoms with E-state index in [1.165, 1.54) is 0 Å². The summed E-state index contributed by atoms with van der Waals surface area (Å²) < 4.78 is 11.2. The zero-order chi connectivity index (χ0) is 19.6. The van der Waals surface area contributed by atoms with E-state index in [9.17, 15) is 0 Å². The molecular formula is C19H19Cl2N3O2S. The molecule has 0 bridgehead atoms. The Bertz CT molecular complexity index is 844. The molecule has 0 aromatic heterocycles. The summed E-state index contributed by atoms with van der Waals surface area (Å²) in [6.07, 6.45) is 3.33. The highest BCUT2D eigenvalue weighted by Crippen LogP contribution is 2.29. The first kappa shape index (κ1) is 21.0. The number of methoxy groups -OCH3 is 1. The molecule has 8 heteroatoms. The molecule has 0 amide bonds. The maximum atomic E-state index is 6.19. The number of benzene rings is 2. The highest BCUT2D eigenvalue weighted by molar-refractivity contribution is 7.80. The maximum Gasteiger partial charge on any atom is 0.187 e. The van der Waals surface area contributed by atoms with Crippen LogP contribution in [-0.2, 0) is 6.61 Å². The van der Waals surface area contributed by atoms with Gasteiger partial charge in [-0.2, -0.15) is 5.10 Å². The van der Waals surface area contributed by atoms with Crippen LogP contribution in [0.4, 0.5) is 0 Å². The van der Waals surface area contributed by atoms with Crippen LogP contribution >= 0.6 is 35.4 Å². The molecule has 0 aliphatic carbocycles. The Labute approximate surface area is 174 Å². The summed E-state index contributed by atoms with van der Waals surface area (Å²) in [5.41, 5.74) is 4.36. The lowest BCUT2D eigenvalue weighted by Crippen LogP contribution is -2.31. The molecule has 0 heterocycles. The number of hydrogen-bond donors (Lipinski definition) is 2. The van der Waals surface area contributed by atoms with Crippen molar-refractivity contribution in [2.75, 3.05) is 13.7 Å². The molecule has 27 heavy (non-hydrogen) atoms. The molecule has 0 saturated heterocycles. The Morgan fingerprint density at radius 3 is 2.74 bits per heavy atom. The van der Waals surface area contributed by atoms with Gasteiger partial charge in [0.2, 0.25) is 0 Å². The van der Waals surface area contributed by atoms with E-state index in [1.54, 1.807) is 37.6 Å². The van der Waals surface area contributed by atoms with Crippen LogP contribution in [-0.4, -0.2) is 25.0 Å². The van der Waals surface area contributed by atoms with Gasteiger partial charge in [0.05, 0.1) is 13.3 Å². The van der Waals surface area contributed by atoms with Gasteiger partial charge in [-0.3, -0.25) is 5.43 Å². The molecule has 0 fully saturated rings. The van der Waals surface area contributed by atoms with E-state index in [-0.39, 0.29) is 6.61 Å². The summed E-state index contributed by atoms with van der Waals surface area (Å²) in [7, 11) is 1.58. The highest BCUT2D eigenvalue weighted by Gasteiger charge is 2.08. The van der Waals surface area contributed by atoms with E-state index in [0.29, 0.717) is 33.2 Å². The van der Waals surface area contributed by atoms with Crippen LogP contribution in [0.25, 0.3) is 0 Å². The molecule has 2 rings (SSSR count). The van der Waals surface area contributed by atoms with Crippen LogP contribution in [0.5, 0.6) is 11.5 Å². The molecule has 2 aromatic rings. The number of thiocarbonyl (C=S) groups is 1. The van der Waals surface area contributed by atoms with Crippen LogP contribution in [0.2, 0.25) is 10.0 Å². The predicted molar refractivity (Wildman–Crippen MR) is 115 cm³/mol. The van der Waals surface area contributed by atoms with Gasteiger partial charge in [0, 0.05) is 22.2 Å². The van der Waals surface area contributed by atoms with Gasteiger partial charge in [-0.15, -0.1) is 6.58 Å². The van der Waals surface area contributed by atoms with E-state index in [4.69, 9.17) is 44.9 Å². The highest BCUT2D eigenvalue weighted by atomic mass is 35.5. The fraction of sp³-hybridized carbons (Fsp3) is 0.158. The molecule has 0 aliphatic rings. The van der Waals surface area contributed by atoms with Crippen molar-refractivity contribution in [1.82, 2.24) is 10.7 Å². The molecule has 0 aliphatic heterocycles. The smallest absolute Gasteiger partial charge is 0.187 e. The Morgan fingerprint density at radius 2 is 2.04 bits per heavy atom. The lowest BCUT2D eigenvalue weighted by Gasteiger charge is -2.12. The Kier molecular flexibility index (Phi) is 8.39. The number of ether oxygens (including phenoxy) is 2. The molecule has 5 nitrogen and oxygen atoms in total. The first-order chi connectivity index (χ1) is 13.0. The minimum absolute atomic E-state index is 0.279. The number of rotatable bonds is 8. The molecule has 142 valence electrons. The van der Waals surface area contributed by atoms with E-state index >= 15 is 0 Å². The number of halogens is 2. The van der Waals surface area contributed by atoms with Gasteiger partial charge in [-0.25, -0.2) is 0 Å². The Morgan fingerprint density at radius 1 is 1.22 bits per heavy atom. The van der Waals surface area contributed by atoms with E-state index < -0.39 is 0 Å². The molecule has 0 saturated carbocycles. The average molecular weight is 424 g/mol. The van der Waals surface area contributed by atoms with E-state index in [1.807, 2.05) is 18.2 Å². The average Bonchev–Trinajstić information content (AvgIpc) is 2.66. The fourth-order valence-corrected chi connectivity index (χ4v) is 2.65. The van der Waals surface area contributed by atoms with Gasteiger partial charge in [-0.1, -0.05) is 35.3 Å². The standard InChI is InChI=1S/C19H19Cl2N3O2S/c1-3-8-22-19(27)24-23-11-13-4-7-17(25-2)18(9-13)26-12-14-5-6-15(20)10-16(14)21/h3-7,9-11H,1,8,12H2,2H3,(H2,22,24,27)/b23-11+. The van der Waals surface area contributed by atoms with Crippen LogP contribution in [0, 0.1) is 0 Å². The molecule has 0 unspecified atom stereocenters. The summed E-state index contributed by atoms with van der Waals surface area (Å²) in [5, 5.41) is 8.54. The van der Waals surface area contributed by atoms with Crippen molar-refractivity contribution >= 4 is 46.7 Å². The fourth-order valence-electron chi connectivity index (χ4n) is 2.05. The van der Waals surface area contributed by atoms with Gasteiger partial charge in [0.1, 0.15) is 6.61 Å². The van der Waals surface area contributed by atoms with Crippen LogP contribution in [0.3, 0.4) is 0 Å². The zero-order valence-electron chi connectivity index (χ0n) is 14.7. The zero-order valence-corrected chi connectivity index (χ0v) is 17.0. The van der Waals surface area contributed by atoms with Gasteiger partial charge < -0.3 is 14.8 Å². The summed E-state index contributed by atoms with van der Waals surface area (Å²) in [4.78, 5) is 0. The quantitative estimate of drug-likeness (QED) is 0.282. The van der Waals surface area contributed by atoms with Crippen molar-refractivity contribution in [2.45, 2.75) is 6.61 Å². The normalized spacial score (nSPS) is 10.5. The second kappa shape index (κ2) is 10.8. The monoisotopic (exact) mass is 423 g/mol. The van der Waals surface area contributed by atoms with E-state index in [2.05, 4.69) is 22.4 Å². The van der Waals surface area contributed by atoms with Crippen molar-refractivity contribution in [2.24, 2.45) is 5.10 Å². The van der Waals surface area contributed by atoms with Gasteiger partial charge in [0.25, 0.3) is 0 Å². The van der Waals surface area contributed by atoms with Gasteiger partial charge >= 0.3 is 0 Å². The van der Waals surface area contributed by atoms with Crippen LogP contribution < -0.4 is 20.2 Å². The number of nitrogens with zero attached hydrogens (tertiary/aromatic N) is 1. The maximum absolute atomic E-state index is 6.19. The molecule has 0 radical (unpaired) electrons. The first-order valence-electron chi connectivity index (χ1n) is 7.96. The molecular weight excluding hydrogens is 405 g/mol. The predicted octanol–water partition coefficient (Wildman–Crippen LogP) is 4.57. The Balaban J connectivity index is 2.05. The second-order valence-electron chi connectivity index (χ2n) is 5.30. The van der Waals surface area contributed by atoms with Crippen LogP contribution in [0.1, 0.15) is 11.1 Å². The molecule has 0 spiro atoms. The minimum Gasteiger partial charge on any atom is -0.493 e. The van der Waals surface area contributed by atoms with Crippen molar-refractivity contribution in [1.29, 1.82) is 0 Å². The lowest BCUT2D eigenvalue weighted by molar-refractivity contribution is 0.284. The largest absolute Gasteiger partial charge is 0.493 e. The van der Waals surface area contributed by atoms with Gasteiger partial charge in [-0.05, 0) is 48.1 Å². The van der Waals surface area contributed by atoms with E-state index in [0.717, 1.165) is 11.1 Å². The first-order valence-corrected chi connectivity index (χ1v) is 9.12. The second-order valence-corrected chi connectivity index (χ2v) is 6.56. The van der Waals surface area contributed by atoms with Crippen molar-refractivity contribution < 1.29 is 9.47 Å². The van der Waals surface area contributed by atoms with Crippen LogP contribution in [0.15, 0.2) is 54.2 Å². The third-order valence-corrected chi connectivity index (χ3v) is 4.20. The topological polar surface area (TPSA) is 54.9 Å². The van der Waals surface area contributed by atoms with Crippen molar-refractivity contribution in [3.63, 3.8) is 0 Å². The number of nitrogens with one attached hydrogen (secondary N) is 2. The minimum atomic E-state index is 0.279. The molecule has 2 N–H and O–H groups in total. The third-order valence-electron chi connectivity index (χ3n) is 3.37. The summed E-state index contributed by atoms with van der Waals surface area (Å²) in [6.45, 7) is 4.45. The summed E-state index contributed by atoms with van der Waals surface area (Å²) >= 11 is 17.2. The van der Waals surface area contributed by atoms with Crippen molar-refractivity contribution in [3.8, 4) is 11.5 Å². The lowest BCUT2D eigenvalue weighted by atomic mass is 10.2.